The van der Waals surface area contributed by atoms with Crippen molar-refractivity contribution in [3.63, 3.8) is 0 Å². The Labute approximate surface area is 285 Å². The molecule has 1 amide bonds. The van der Waals surface area contributed by atoms with Crippen molar-refractivity contribution in [2.75, 3.05) is 24.5 Å². The number of nitrogens with two attached hydrogens (primary N) is 1. The zero-order valence-corrected chi connectivity index (χ0v) is 28.1. The van der Waals surface area contributed by atoms with Crippen molar-refractivity contribution in [1.29, 1.82) is 0 Å². The summed E-state index contributed by atoms with van der Waals surface area (Å²) in [6.45, 7) is 1.57. The SMILES string of the molecule is COc1cccc2c1-c1ccccc1N(S(=O)(=O)Cc1ccc(Cl)c(Cl)c1)C2C(CCc1ccc(C2=NCCN2)cc1)C(N)=O.Cl. The molecule has 2 aliphatic rings. The number of sulfonamides is 1. The Morgan fingerprint density at radius 1 is 1.02 bits per heavy atom. The van der Waals surface area contributed by atoms with Gasteiger partial charge in [-0.1, -0.05) is 83.9 Å². The number of hydrogen-bond donors (Lipinski definition) is 2. The summed E-state index contributed by atoms with van der Waals surface area (Å²) in [7, 11) is -2.53. The first kappa shape index (κ1) is 33.6. The molecule has 0 saturated heterocycles. The van der Waals surface area contributed by atoms with Gasteiger partial charge in [0, 0.05) is 23.2 Å². The normalized spacial score (nSPS) is 15.9. The summed E-state index contributed by atoms with van der Waals surface area (Å²) in [5, 5.41) is 3.86. The van der Waals surface area contributed by atoms with Gasteiger partial charge in [-0.15, -0.1) is 12.4 Å². The molecule has 3 N–H and O–H groups in total. The average Bonchev–Trinajstić information content (AvgIpc) is 3.57. The van der Waals surface area contributed by atoms with Crippen LogP contribution >= 0.6 is 35.6 Å². The molecule has 2 heterocycles. The predicted molar refractivity (Wildman–Crippen MR) is 187 cm³/mol. The van der Waals surface area contributed by atoms with Gasteiger partial charge in [-0.3, -0.25) is 14.1 Å². The number of aryl methyl sites for hydroxylation is 1. The molecule has 2 unspecified atom stereocenters. The monoisotopic (exact) mass is 698 g/mol. The fourth-order valence-corrected chi connectivity index (χ4v) is 8.34. The lowest BCUT2D eigenvalue weighted by atomic mass is 9.80. The van der Waals surface area contributed by atoms with Crippen molar-refractivity contribution in [2.45, 2.75) is 24.6 Å². The first-order valence-electron chi connectivity index (χ1n) is 14.6. The number of hydrogen-bond acceptors (Lipinski definition) is 6. The first-order valence-corrected chi connectivity index (χ1v) is 16.9. The fourth-order valence-electron chi connectivity index (χ4n) is 6.22. The molecule has 0 radical (unpaired) electrons. The van der Waals surface area contributed by atoms with Gasteiger partial charge in [-0.25, -0.2) is 8.42 Å². The van der Waals surface area contributed by atoms with E-state index in [1.165, 1.54) is 4.31 Å². The highest BCUT2D eigenvalue weighted by Gasteiger charge is 2.44. The van der Waals surface area contributed by atoms with Gasteiger partial charge in [0.2, 0.25) is 15.9 Å². The van der Waals surface area contributed by atoms with Crippen LogP contribution in [0.2, 0.25) is 10.0 Å². The number of carbonyl (C=O) groups excluding carboxylic acids is 1. The Bertz CT molecular complexity index is 1900. The molecule has 4 aromatic carbocycles. The number of primary amides is 1. The van der Waals surface area contributed by atoms with Crippen LogP contribution in [0.4, 0.5) is 5.69 Å². The minimum Gasteiger partial charge on any atom is -0.496 e. The second-order valence-electron chi connectivity index (χ2n) is 11.1. The number of para-hydroxylation sites is 1. The number of amidine groups is 1. The van der Waals surface area contributed by atoms with Gasteiger partial charge in [0.25, 0.3) is 0 Å². The number of rotatable bonds is 10. The van der Waals surface area contributed by atoms with Gasteiger partial charge in [0.1, 0.15) is 11.6 Å². The van der Waals surface area contributed by atoms with Crippen molar-refractivity contribution in [3.05, 3.63) is 117 Å². The molecule has 0 aliphatic carbocycles. The molecular weight excluding hydrogens is 667 g/mol. The summed E-state index contributed by atoms with van der Waals surface area (Å²) in [6, 6.07) is 24.5. The quantitative estimate of drug-likeness (QED) is 0.195. The zero-order chi connectivity index (χ0) is 31.7. The molecule has 4 aromatic rings. The van der Waals surface area contributed by atoms with Crippen LogP contribution in [0.1, 0.15) is 34.7 Å². The standard InChI is InChI=1S/C34H32Cl2N4O4S.ClH/c1-44-30-8-4-6-25-31(30)24-5-2-3-7-29(24)40(45(42,43)20-22-12-16-27(35)28(36)19-22)32(25)26(33(37)41)15-11-21-9-13-23(14-10-21)34-38-17-18-39-34;/h2-10,12-14,16,19,26,32H,11,15,17-18,20H2,1H3,(H2,37,41)(H,38,39);1H. The Morgan fingerprint density at radius 2 is 1.76 bits per heavy atom. The van der Waals surface area contributed by atoms with Crippen molar-refractivity contribution >= 4 is 63.1 Å². The van der Waals surface area contributed by atoms with Crippen LogP contribution in [0.3, 0.4) is 0 Å². The van der Waals surface area contributed by atoms with E-state index in [1.807, 2.05) is 48.5 Å². The predicted octanol–water partition coefficient (Wildman–Crippen LogP) is 6.57. The van der Waals surface area contributed by atoms with E-state index in [0.717, 1.165) is 35.6 Å². The van der Waals surface area contributed by atoms with Gasteiger partial charge in [-0.2, -0.15) is 0 Å². The average molecular weight is 700 g/mol. The van der Waals surface area contributed by atoms with E-state index < -0.39 is 27.9 Å². The molecule has 6 rings (SSSR count). The van der Waals surface area contributed by atoms with Crippen LogP contribution < -0.4 is 20.1 Å². The van der Waals surface area contributed by atoms with E-state index in [4.69, 9.17) is 33.7 Å². The Morgan fingerprint density at radius 3 is 2.43 bits per heavy atom. The number of amides is 1. The molecule has 240 valence electrons. The summed E-state index contributed by atoms with van der Waals surface area (Å²) < 4.78 is 36.1. The van der Waals surface area contributed by atoms with E-state index in [9.17, 15) is 13.2 Å². The van der Waals surface area contributed by atoms with Gasteiger partial charge in [0.15, 0.2) is 0 Å². The number of benzene rings is 4. The van der Waals surface area contributed by atoms with Crippen molar-refractivity contribution in [2.24, 2.45) is 16.6 Å². The second kappa shape index (κ2) is 13.9. The van der Waals surface area contributed by atoms with Gasteiger partial charge < -0.3 is 15.8 Å². The number of nitrogens with zero attached hydrogens (tertiary/aromatic N) is 2. The lowest BCUT2D eigenvalue weighted by molar-refractivity contribution is -0.122. The Kier molecular flexibility index (Phi) is 10.2. The minimum atomic E-state index is -4.10. The summed E-state index contributed by atoms with van der Waals surface area (Å²) >= 11 is 12.4. The fraction of sp³-hybridized carbons (Fsp3) is 0.235. The molecule has 8 nitrogen and oxygen atoms in total. The van der Waals surface area contributed by atoms with Crippen LogP contribution in [-0.4, -0.2) is 40.4 Å². The molecule has 12 heteroatoms. The highest BCUT2D eigenvalue weighted by atomic mass is 35.5. The molecular formula is C34H33Cl3N4O4S. The number of aliphatic imine (C=N–C) groups is 1. The molecule has 0 spiro atoms. The maximum atomic E-state index is 14.5. The third-order valence-electron chi connectivity index (χ3n) is 8.29. The van der Waals surface area contributed by atoms with E-state index >= 15 is 0 Å². The highest BCUT2D eigenvalue weighted by molar-refractivity contribution is 7.92. The summed E-state index contributed by atoms with van der Waals surface area (Å²) in [5.74, 6) is -0.379. The van der Waals surface area contributed by atoms with Gasteiger partial charge in [0.05, 0.1) is 47.1 Å². The highest BCUT2D eigenvalue weighted by Crippen LogP contribution is 2.52. The number of halogens is 3. The molecule has 0 saturated carbocycles. The van der Waals surface area contributed by atoms with E-state index in [2.05, 4.69) is 10.3 Å². The number of ether oxygens (including phenoxy) is 1. The smallest absolute Gasteiger partial charge is 0.239 e. The van der Waals surface area contributed by atoms with Crippen LogP contribution in [0.15, 0.2) is 89.9 Å². The van der Waals surface area contributed by atoms with Gasteiger partial charge in [-0.05, 0) is 53.8 Å². The molecule has 0 aromatic heterocycles. The summed E-state index contributed by atoms with van der Waals surface area (Å²) in [6.07, 6.45) is 0.822. The summed E-state index contributed by atoms with van der Waals surface area (Å²) in [4.78, 5) is 17.8. The Hall–Kier alpha value is -3.76. The Balaban J connectivity index is 0.00000417. The first-order chi connectivity index (χ1) is 21.7. The van der Waals surface area contributed by atoms with E-state index in [-0.39, 0.29) is 23.2 Å². The second-order valence-corrected chi connectivity index (χ2v) is 13.7. The van der Waals surface area contributed by atoms with Crippen LogP contribution in [0.25, 0.3) is 11.1 Å². The van der Waals surface area contributed by atoms with Crippen molar-refractivity contribution in [1.82, 2.24) is 5.32 Å². The van der Waals surface area contributed by atoms with E-state index in [0.29, 0.717) is 46.0 Å². The van der Waals surface area contributed by atoms with Crippen LogP contribution in [0, 0.1) is 5.92 Å². The topological polar surface area (TPSA) is 114 Å². The summed E-state index contributed by atoms with van der Waals surface area (Å²) in [5.41, 5.74) is 11.1. The lowest BCUT2D eigenvalue weighted by Gasteiger charge is -2.42. The number of anilines is 1. The third kappa shape index (κ3) is 6.55. The molecule has 2 aliphatic heterocycles. The molecule has 46 heavy (non-hydrogen) atoms. The number of nitrogens with one attached hydrogen (secondary N) is 1. The number of carbonyl (C=O) groups is 1. The maximum absolute atomic E-state index is 14.5. The van der Waals surface area contributed by atoms with Crippen LogP contribution in [-0.2, 0) is 27.0 Å². The lowest BCUT2D eigenvalue weighted by Crippen LogP contribution is -2.45. The van der Waals surface area contributed by atoms with Crippen LogP contribution in [0.5, 0.6) is 5.75 Å². The number of methoxy groups -OCH3 is 1. The van der Waals surface area contributed by atoms with Gasteiger partial charge >= 0.3 is 0 Å². The largest absolute Gasteiger partial charge is 0.496 e. The minimum absolute atomic E-state index is 0. The zero-order valence-electron chi connectivity index (χ0n) is 25.0. The maximum Gasteiger partial charge on any atom is 0.239 e. The van der Waals surface area contributed by atoms with E-state index in [1.54, 1.807) is 43.5 Å². The molecule has 0 bridgehead atoms. The number of fused-ring (bicyclic) bond motifs is 3. The molecule has 0 fully saturated rings. The third-order valence-corrected chi connectivity index (χ3v) is 10.7. The van der Waals surface area contributed by atoms with Crippen molar-refractivity contribution < 1.29 is 17.9 Å². The molecule has 2 atom stereocenters. The van der Waals surface area contributed by atoms with Crippen molar-refractivity contribution in [3.8, 4) is 16.9 Å².